The second-order valence-electron chi connectivity index (χ2n) is 6.28. The average Bonchev–Trinajstić information content (AvgIpc) is 2.26. The van der Waals surface area contributed by atoms with Crippen molar-refractivity contribution in [2.24, 2.45) is 11.8 Å². The first-order chi connectivity index (χ1) is 8.22. The van der Waals surface area contributed by atoms with E-state index in [9.17, 15) is 0 Å². The second kappa shape index (κ2) is 8.97. The van der Waals surface area contributed by atoms with Crippen LogP contribution in [0.1, 0.15) is 78.6 Å². The number of hydrogen-bond acceptors (Lipinski definition) is 1. The second-order valence-corrected chi connectivity index (χ2v) is 6.28. The molecular formula is C16H33N. The van der Waals surface area contributed by atoms with Crippen molar-refractivity contribution in [2.45, 2.75) is 84.6 Å². The highest BCUT2D eigenvalue weighted by molar-refractivity contribution is 4.72. The first-order valence-corrected chi connectivity index (χ1v) is 7.95. The van der Waals surface area contributed by atoms with Gasteiger partial charge in [-0.3, -0.25) is 0 Å². The van der Waals surface area contributed by atoms with Gasteiger partial charge in [0.1, 0.15) is 0 Å². The Labute approximate surface area is 109 Å². The van der Waals surface area contributed by atoms with Crippen molar-refractivity contribution in [3.8, 4) is 0 Å². The summed E-state index contributed by atoms with van der Waals surface area (Å²) < 4.78 is 0. The maximum absolute atomic E-state index is 3.68. The minimum Gasteiger partial charge on any atom is -0.314 e. The van der Waals surface area contributed by atoms with Crippen LogP contribution in [0.2, 0.25) is 0 Å². The predicted molar refractivity (Wildman–Crippen MR) is 77.3 cm³/mol. The van der Waals surface area contributed by atoms with E-state index in [2.05, 4.69) is 26.1 Å². The summed E-state index contributed by atoms with van der Waals surface area (Å²) in [6.45, 7) is 8.27. The standard InChI is InChI=1S/C16H33N/c1-4-17-16-11-9-7-5-6-8-10-14(2)12-15(3)13-16/h14-17H,4-13H2,1-3H3. The molecule has 1 rings (SSSR count). The Balaban J connectivity index is 2.41. The van der Waals surface area contributed by atoms with Crippen LogP contribution in [0.25, 0.3) is 0 Å². The lowest BCUT2D eigenvalue weighted by Crippen LogP contribution is -2.31. The quantitative estimate of drug-likeness (QED) is 0.732. The lowest BCUT2D eigenvalue weighted by atomic mass is 9.86. The lowest BCUT2D eigenvalue weighted by Gasteiger charge is -2.24. The van der Waals surface area contributed by atoms with Crippen LogP contribution >= 0.6 is 0 Å². The van der Waals surface area contributed by atoms with Gasteiger partial charge in [-0.05, 0) is 37.6 Å². The molecule has 1 N–H and O–H groups in total. The van der Waals surface area contributed by atoms with Crippen molar-refractivity contribution in [1.29, 1.82) is 0 Å². The minimum absolute atomic E-state index is 0.779. The average molecular weight is 239 g/mol. The van der Waals surface area contributed by atoms with Crippen LogP contribution in [0.3, 0.4) is 0 Å². The fourth-order valence-corrected chi connectivity index (χ4v) is 3.39. The van der Waals surface area contributed by atoms with Gasteiger partial charge in [0.2, 0.25) is 0 Å². The SMILES string of the molecule is CCNC1CCCCCCCC(C)CC(C)C1. The van der Waals surface area contributed by atoms with Gasteiger partial charge in [-0.15, -0.1) is 0 Å². The molecule has 0 aromatic carbocycles. The molecule has 1 fully saturated rings. The van der Waals surface area contributed by atoms with E-state index in [1.165, 1.54) is 57.8 Å². The summed E-state index contributed by atoms with van der Waals surface area (Å²) in [7, 11) is 0. The molecule has 0 saturated heterocycles. The summed E-state index contributed by atoms with van der Waals surface area (Å²) >= 11 is 0. The summed E-state index contributed by atoms with van der Waals surface area (Å²) in [4.78, 5) is 0. The van der Waals surface area contributed by atoms with Crippen LogP contribution in [0.4, 0.5) is 0 Å². The fraction of sp³-hybridized carbons (Fsp3) is 1.00. The van der Waals surface area contributed by atoms with Crippen molar-refractivity contribution in [1.82, 2.24) is 5.32 Å². The van der Waals surface area contributed by atoms with Gasteiger partial charge in [-0.1, -0.05) is 59.3 Å². The van der Waals surface area contributed by atoms with E-state index in [1.54, 1.807) is 0 Å². The molecule has 1 heteroatoms. The molecule has 3 atom stereocenters. The smallest absolute Gasteiger partial charge is 0.00694 e. The van der Waals surface area contributed by atoms with E-state index >= 15 is 0 Å². The van der Waals surface area contributed by atoms with Crippen LogP contribution in [0, 0.1) is 11.8 Å². The van der Waals surface area contributed by atoms with Gasteiger partial charge in [-0.25, -0.2) is 0 Å². The third-order valence-corrected chi connectivity index (χ3v) is 4.23. The molecule has 1 aliphatic rings. The summed E-state index contributed by atoms with van der Waals surface area (Å²) in [5, 5.41) is 3.68. The van der Waals surface area contributed by atoms with Crippen molar-refractivity contribution < 1.29 is 0 Å². The molecule has 0 spiro atoms. The van der Waals surface area contributed by atoms with Crippen LogP contribution in [0.5, 0.6) is 0 Å². The zero-order chi connectivity index (χ0) is 12.5. The summed E-state index contributed by atoms with van der Waals surface area (Å²) in [5.74, 6) is 1.83. The molecule has 0 aromatic heterocycles. The van der Waals surface area contributed by atoms with E-state index in [1.807, 2.05) is 0 Å². The monoisotopic (exact) mass is 239 g/mol. The molecule has 0 heterocycles. The molecule has 3 unspecified atom stereocenters. The molecule has 1 nitrogen and oxygen atoms in total. The van der Waals surface area contributed by atoms with E-state index in [4.69, 9.17) is 0 Å². The van der Waals surface area contributed by atoms with Gasteiger partial charge in [0.25, 0.3) is 0 Å². The van der Waals surface area contributed by atoms with Gasteiger partial charge in [0.15, 0.2) is 0 Å². The topological polar surface area (TPSA) is 12.0 Å². The van der Waals surface area contributed by atoms with E-state index in [-0.39, 0.29) is 0 Å². The number of rotatable bonds is 2. The van der Waals surface area contributed by atoms with Gasteiger partial charge in [0, 0.05) is 6.04 Å². The van der Waals surface area contributed by atoms with Crippen molar-refractivity contribution in [3.05, 3.63) is 0 Å². The number of hydrogen-bond donors (Lipinski definition) is 1. The highest BCUT2D eigenvalue weighted by Gasteiger charge is 2.15. The minimum atomic E-state index is 0.779. The molecule has 0 radical (unpaired) electrons. The number of nitrogens with one attached hydrogen (secondary N) is 1. The van der Waals surface area contributed by atoms with Crippen LogP contribution in [0.15, 0.2) is 0 Å². The Hall–Kier alpha value is -0.0400. The molecule has 0 aliphatic heterocycles. The summed E-state index contributed by atoms with van der Waals surface area (Å²) in [5.41, 5.74) is 0. The highest BCUT2D eigenvalue weighted by atomic mass is 14.9. The highest BCUT2D eigenvalue weighted by Crippen LogP contribution is 2.24. The van der Waals surface area contributed by atoms with Crippen LogP contribution < -0.4 is 5.32 Å². The van der Waals surface area contributed by atoms with Crippen LogP contribution in [-0.2, 0) is 0 Å². The summed E-state index contributed by atoms with van der Waals surface area (Å²) in [6, 6.07) is 0.779. The van der Waals surface area contributed by atoms with E-state index in [0.717, 1.165) is 24.4 Å². The zero-order valence-electron chi connectivity index (χ0n) is 12.3. The largest absolute Gasteiger partial charge is 0.314 e. The Morgan fingerprint density at radius 3 is 2.18 bits per heavy atom. The van der Waals surface area contributed by atoms with E-state index in [0.29, 0.717) is 0 Å². The maximum Gasteiger partial charge on any atom is 0.00694 e. The Bertz CT molecular complexity index is 178. The van der Waals surface area contributed by atoms with Crippen molar-refractivity contribution in [3.63, 3.8) is 0 Å². The third kappa shape index (κ3) is 7.08. The molecule has 1 aliphatic carbocycles. The normalized spacial score (nSPS) is 33.7. The van der Waals surface area contributed by atoms with Crippen molar-refractivity contribution in [2.75, 3.05) is 6.54 Å². The van der Waals surface area contributed by atoms with Gasteiger partial charge >= 0.3 is 0 Å². The molecule has 0 bridgehead atoms. The molecule has 0 aromatic rings. The van der Waals surface area contributed by atoms with Gasteiger partial charge < -0.3 is 5.32 Å². The first-order valence-electron chi connectivity index (χ1n) is 7.95. The Kier molecular flexibility index (Phi) is 7.92. The van der Waals surface area contributed by atoms with Crippen molar-refractivity contribution >= 4 is 0 Å². The molecule has 1 saturated carbocycles. The summed E-state index contributed by atoms with van der Waals surface area (Å²) in [6.07, 6.45) is 12.9. The molecule has 102 valence electrons. The Morgan fingerprint density at radius 2 is 1.47 bits per heavy atom. The zero-order valence-corrected chi connectivity index (χ0v) is 12.3. The van der Waals surface area contributed by atoms with Gasteiger partial charge in [-0.2, -0.15) is 0 Å². The lowest BCUT2D eigenvalue weighted by molar-refractivity contribution is 0.310. The molecular weight excluding hydrogens is 206 g/mol. The predicted octanol–water partition coefficient (Wildman–Crippen LogP) is 4.76. The molecule has 0 amide bonds. The third-order valence-electron chi connectivity index (χ3n) is 4.23. The fourth-order valence-electron chi connectivity index (χ4n) is 3.39. The van der Waals surface area contributed by atoms with E-state index < -0.39 is 0 Å². The van der Waals surface area contributed by atoms with Crippen LogP contribution in [-0.4, -0.2) is 12.6 Å². The maximum atomic E-state index is 3.68. The van der Waals surface area contributed by atoms with Gasteiger partial charge in [0.05, 0.1) is 0 Å². The Morgan fingerprint density at radius 1 is 0.824 bits per heavy atom. The molecule has 17 heavy (non-hydrogen) atoms. The first kappa shape index (κ1) is 15.0.